The molecule has 0 N–H and O–H groups in total. The number of para-hydroxylation sites is 2. The van der Waals surface area contributed by atoms with Crippen molar-refractivity contribution in [2.75, 3.05) is 20.2 Å². The van der Waals surface area contributed by atoms with Gasteiger partial charge in [0, 0.05) is 19.2 Å². The maximum Gasteiger partial charge on any atom is 0.266 e. The minimum absolute atomic E-state index is 0. The summed E-state index contributed by atoms with van der Waals surface area (Å²) >= 11 is 5.81. The van der Waals surface area contributed by atoms with Gasteiger partial charge in [0.05, 0.1) is 0 Å². The van der Waals surface area contributed by atoms with E-state index in [2.05, 4.69) is 10.00 Å². The van der Waals surface area contributed by atoms with Crippen molar-refractivity contribution < 1.29 is 9.47 Å². The summed E-state index contributed by atoms with van der Waals surface area (Å²) in [6, 6.07) is 10.5. The number of aryl methyl sites for hydroxylation is 1. The van der Waals surface area contributed by atoms with Crippen LogP contribution in [0.5, 0.6) is 11.5 Å². The first kappa shape index (κ1) is 18.6. The highest BCUT2D eigenvalue weighted by atomic mass is 35.5. The van der Waals surface area contributed by atoms with Gasteiger partial charge in [-0.1, -0.05) is 23.7 Å². The Kier molecular flexibility index (Phi) is 6.48. The van der Waals surface area contributed by atoms with Gasteiger partial charge in [-0.05, 0) is 31.7 Å². The highest BCUT2D eigenvalue weighted by molar-refractivity contribution is 6.29. The second-order valence-corrected chi connectivity index (χ2v) is 5.77. The van der Waals surface area contributed by atoms with Gasteiger partial charge in [0.25, 0.3) is 5.56 Å². The molecule has 0 saturated carbocycles. The maximum absolute atomic E-state index is 11.7. The van der Waals surface area contributed by atoms with E-state index in [-0.39, 0.29) is 24.2 Å². The fourth-order valence-corrected chi connectivity index (χ4v) is 2.58. The molecule has 0 aliphatic carbocycles. The van der Waals surface area contributed by atoms with E-state index in [1.54, 1.807) is 0 Å². The number of ether oxygens (including phenoxy) is 2. The van der Waals surface area contributed by atoms with Gasteiger partial charge in [-0.3, -0.25) is 9.69 Å². The van der Waals surface area contributed by atoms with Crippen LogP contribution in [-0.2, 0) is 6.54 Å². The predicted octanol–water partition coefficient (Wildman–Crippen LogP) is 2.44. The molecule has 1 aliphatic rings. The molecule has 2 aromatic rings. The minimum atomic E-state index is -0.150. The van der Waals surface area contributed by atoms with Gasteiger partial charge >= 0.3 is 0 Å². The first-order valence-electron chi connectivity index (χ1n) is 7.46. The third-order valence-electron chi connectivity index (χ3n) is 3.70. The molecule has 2 heterocycles. The summed E-state index contributed by atoms with van der Waals surface area (Å²) in [5, 5.41) is 4.33. The minimum Gasteiger partial charge on any atom is -0.484 e. The number of benzene rings is 1. The fraction of sp³-hybridized carbons (Fsp3) is 0.375. The Hall–Kier alpha value is -1.76. The maximum atomic E-state index is 11.7. The molecule has 0 bridgehead atoms. The van der Waals surface area contributed by atoms with Gasteiger partial charge < -0.3 is 9.47 Å². The van der Waals surface area contributed by atoms with E-state index in [1.807, 2.05) is 31.3 Å². The van der Waals surface area contributed by atoms with Crippen LogP contribution in [0.15, 0.2) is 41.2 Å². The van der Waals surface area contributed by atoms with Gasteiger partial charge in [-0.15, -0.1) is 12.4 Å². The van der Waals surface area contributed by atoms with Crippen molar-refractivity contribution in [2.45, 2.75) is 19.2 Å². The van der Waals surface area contributed by atoms with Gasteiger partial charge in [0.15, 0.2) is 17.7 Å². The van der Waals surface area contributed by atoms with Crippen molar-refractivity contribution in [2.24, 2.45) is 0 Å². The third-order valence-corrected chi connectivity index (χ3v) is 3.90. The van der Waals surface area contributed by atoms with Crippen molar-refractivity contribution in [3.63, 3.8) is 0 Å². The zero-order valence-corrected chi connectivity index (χ0v) is 14.8. The molecule has 0 spiro atoms. The lowest BCUT2D eigenvalue weighted by Crippen LogP contribution is -2.44. The Labute approximate surface area is 151 Å². The molecule has 1 aromatic carbocycles. The number of aromatic nitrogens is 2. The van der Waals surface area contributed by atoms with E-state index in [4.69, 9.17) is 21.1 Å². The van der Waals surface area contributed by atoms with E-state index in [0.717, 1.165) is 24.5 Å². The van der Waals surface area contributed by atoms with E-state index in [9.17, 15) is 4.79 Å². The average Bonchev–Trinajstić information content (AvgIpc) is 2.57. The topological polar surface area (TPSA) is 56.6 Å². The number of fused-ring (bicyclic) bond motifs is 1. The van der Waals surface area contributed by atoms with Crippen molar-refractivity contribution in [1.82, 2.24) is 14.7 Å². The van der Waals surface area contributed by atoms with Crippen LogP contribution in [0.25, 0.3) is 0 Å². The second-order valence-electron chi connectivity index (χ2n) is 5.38. The van der Waals surface area contributed by atoms with Crippen molar-refractivity contribution in [3.05, 3.63) is 51.9 Å². The summed E-state index contributed by atoms with van der Waals surface area (Å²) in [6.07, 6.45) is 0.611. The Morgan fingerprint density at radius 2 is 2.04 bits per heavy atom. The van der Waals surface area contributed by atoms with Gasteiger partial charge in [0.2, 0.25) is 0 Å². The molecule has 1 aromatic heterocycles. The highest BCUT2D eigenvalue weighted by Crippen LogP contribution is 2.31. The number of likely N-dealkylation sites (N-methyl/N-ethyl adjacent to an activating group) is 1. The van der Waals surface area contributed by atoms with Gasteiger partial charge in [-0.25, -0.2) is 4.68 Å². The van der Waals surface area contributed by atoms with Crippen LogP contribution < -0.4 is 15.0 Å². The molecule has 1 unspecified atom stereocenters. The van der Waals surface area contributed by atoms with Crippen molar-refractivity contribution >= 4 is 24.0 Å². The summed E-state index contributed by atoms with van der Waals surface area (Å²) in [5.74, 6) is 1.52. The van der Waals surface area contributed by atoms with E-state index < -0.39 is 0 Å². The Morgan fingerprint density at radius 3 is 2.83 bits per heavy atom. The number of rotatable bonds is 5. The Balaban J connectivity index is 0.00000208. The largest absolute Gasteiger partial charge is 0.484 e. The monoisotopic (exact) mass is 371 g/mol. The predicted molar refractivity (Wildman–Crippen MR) is 94.4 cm³/mol. The standard InChI is InChI=1S/C16H18ClN3O3.ClH/c1-19(9-4-10-20-15(21)8-7-14(17)18-20)16-11-22-12-5-2-3-6-13(12)23-16;/h2-3,5-8,16H,4,9-11H2,1H3;1H. The summed E-state index contributed by atoms with van der Waals surface area (Å²) in [6.45, 7) is 1.73. The van der Waals surface area contributed by atoms with Crippen LogP contribution >= 0.6 is 24.0 Å². The third kappa shape index (κ3) is 4.41. The van der Waals surface area contributed by atoms with E-state index >= 15 is 0 Å². The molecule has 8 heteroatoms. The SMILES string of the molecule is CN(CCCn1nc(Cl)ccc1=O)C1COc2ccccc2O1.Cl. The van der Waals surface area contributed by atoms with Gasteiger partial charge in [0.1, 0.15) is 11.8 Å². The lowest BCUT2D eigenvalue weighted by molar-refractivity contribution is -0.0161. The van der Waals surface area contributed by atoms with Crippen LogP contribution in [0.3, 0.4) is 0 Å². The van der Waals surface area contributed by atoms with Crippen LogP contribution in [0.4, 0.5) is 0 Å². The molecule has 0 amide bonds. The second kappa shape index (κ2) is 8.37. The molecule has 0 radical (unpaired) electrons. The molecule has 0 fully saturated rings. The fourth-order valence-electron chi connectivity index (χ4n) is 2.42. The molecule has 1 aliphatic heterocycles. The van der Waals surface area contributed by atoms with Crippen molar-refractivity contribution in [3.8, 4) is 11.5 Å². The number of hydrogen-bond acceptors (Lipinski definition) is 5. The lowest BCUT2D eigenvalue weighted by Gasteiger charge is -2.32. The summed E-state index contributed by atoms with van der Waals surface area (Å²) in [4.78, 5) is 13.7. The van der Waals surface area contributed by atoms with Crippen LogP contribution in [-0.4, -0.2) is 41.1 Å². The molecule has 1 atom stereocenters. The smallest absolute Gasteiger partial charge is 0.266 e. The average molecular weight is 372 g/mol. The highest BCUT2D eigenvalue weighted by Gasteiger charge is 2.23. The Bertz CT molecular complexity index is 739. The van der Waals surface area contributed by atoms with Crippen molar-refractivity contribution in [1.29, 1.82) is 0 Å². The molecule has 130 valence electrons. The molecular weight excluding hydrogens is 353 g/mol. The van der Waals surface area contributed by atoms with Crippen LogP contribution in [0, 0.1) is 0 Å². The van der Waals surface area contributed by atoms with Gasteiger partial charge in [-0.2, -0.15) is 5.10 Å². The quantitative estimate of drug-likeness (QED) is 0.807. The normalized spacial score (nSPS) is 15.9. The summed E-state index contributed by atoms with van der Waals surface area (Å²) in [7, 11) is 1.97. The van der Waals surface area contributed by atoms with E-state index in [1.165, 1.54) is 16.8 Å². The van der Waals surface area contributed by atoms with E-state index in [0.29, 0.717) is 18.3 Å². The number of halogens is 2. The van der Waals surface area contributed by atoms with Crippen LogP contribution in [0.1, 0.15) is 6.42 Å². The molecule has 0 saturated heterocycles. The Morgan fingerprint density at radius 1 is 1.29 bits per heavy atom. The molecule has 24 heavy (non-hydrogen) atoms. The molecule has 6 nitrogen and oxygen atoms in total. The zero-order valence-electron chi connectivity index (χ0n) is 13.2. The molecular formula is C16H19Cl2N3O3. The number of nitrogens with zero attached hydrogens (tertiary/aromatic N) is 3. The first-order chi connectivity index (χ1) is 11.1. The molecule has 3 rings (SSSR count). The van der Waals surface area contributed by atoms with Crippen LogP contribution in [0.2, 0.25) is 5.15 Å². The zero-order chi connectivity index (χ0) is 16.2. The number of hydrogen-bond donors (Lipinski definition) is 0. The first-order valence-corrected chi connectivity index (χ1v) is 7.84. The lowest BCUT2D eigenvalue weighted by atomic mass is 10.3. The summed E-state index contributed by atoms with van der Waals surface area (Å²) < 4.78 is 13.0. The summed E-state index contributed by atoms with van der Waals surface area (Å²) in [5.41, 5.74) is -0.150.